The molecule has 4 heteroatoms. The molecule has 270 valence electrons. The topological polar surface area (TPSA) is 51.6 Å². The van der Waals surface area contributed by atoms with Crippen molar-refractivity contribution in [3.8, 4) is 45.3 Å². The van der Waals surface area contributed by atoms with Gasteiger partial charge in [-0.05, 0) is 100 Å². The summed E-state index contributed by atoms with van der Waals surface area (Å²) >= 11 is 0. The lowest BCUT2D eigenvalue weighted by Crippen LogP contribution is -2.00. The van der Waals surface area contributed by atoms with Crippen molar-refractivity contribution >= 4 is 64.6 Å². The predicted octanol–water partition coefficient (Wildman–Crippen LogP) is 14.0. The highest BCUT2D eigenvalue weighted by molar-refractivity contribution is 6.27. The Bertz CT molecular complexity index is 3430. The molecule has 4 nitrogen and oxygen atoms in total. The van der Waals surface area contributed by atoms with Gasteiger partial charge in [-0.15, -0.1) is 0 Å². The van der Waals surface area contributed by atoms with Crippen molar-refractivity contribution in [1.29, 1.82) is 0 Å². The Morgan fingerprint density at radius 2 is 0.621 bits per heavy atom. The van der Waals surface area contributed by atoms with E-state index in [1.807, 2.05) is 30.5 Å². The zero-order chi connectivity index (χ0) is 38.4. The highest BCUT2D eigenvalue weighted by atomic mass is 15.0. The van der Waals surface area contributed by atoms with Crippen LogP contribution >= 0.6 is 0 Å². The van der Waals surface area contributed by atoms with E-state index in [9.17, 15) is 0 Å². The first-order valence-electron chi connectivity index (χ1n) is 19.5. The van der Waals surface area contributed by atoms with E-state index in [4.69, 9.17) is 15.0 Å². The van der Waals surface area contributed by atoms with Gasteiger partial charge in [0.25, 0.3) is 0 Å². The number of fused-ring (bicyclic) bond motifs is 11. The van der Waals surface area contributed by atoms with Crippen molar-refractivity contribution in [2.24, 2.45) is 0 Å². The third kappa shape index (κ3) is 5.87. The quantitative estimate of drug-likeness (QED) is 0.180. The van der Waals surface area contributed by atoms with E-state index in [1.54, 1.807) is 6.20 Å². The monoisotopic (exact) mass is 738 g/mol. The lowest BCUT2D eigenvalue weighted by Gasteiger charge is -2.12. The number of nitrogens with zero attached hydrogens (tertiary/aromatic N) is 4. The second-order valence-corrected chi connectivity index (χ2v) is 14.6. The first kappa shape index (κ1) is 33.5. The molecule has 0 spiro atoms. The van der Waals surface area contributed by atoms with Gasteiger partial charge in [0, 0.05) is 29.1 Å². The summed E-state index contributed by atoms with van der Waals surface area (Å²) < 4.78 is 0. The predicted molar refractivity (Wildman–Crippen MR) is 242 cm³/mol. The zero-order valence-corrected chi connectivity index (χ0v) is 31.4. The second-order valence-electron chi connectivity index (χ2n) is 14.6. The largest absolute Gasteiger partial charge is 0.264 e. The molecule has 0 fully saturated rings. The van der Waals surface area contributed by atoms with Crippen LogP contribution in [0, 0.1) is 0 Å². The summed E-state index contributed by atoms with van der Waals surface area (Å²) in [6, 6.07) is 69.0. The molecule has 11 aromatic rings. The van der Waals surface area contributed by atoms with Gasteiger partial charge < -0.3 is 0 Å². The maximum absolute atomic E-state index is 5.21. The van der Waals surface area contributed by atoms with E-state index in [0.29, 0.717) is 17.5 Å². The maximum atomic E-state index is 5.21. The molecule has 58 heavy (non-hydrogen) atoms. The zero-order valence-electron chi connectivity index (χ0n) is 31.4. The van der Waals surface area contributed by atoms with Gasteiger partial charge in [-0.3, -0.25) is 4.98 Å². The van der Waals surface area contributed by atoms with E-state index in [2.05, 4.69) is 175 Å². The normalized spacial score (nSPS) is 11.4. The van der Waals surface area contributed by atoms with E-state index in [-0.39, 0.29) is 0 Å². The summed E-state index contributed by atoms with van der Waals surface area (Å²) in [5, 5.41) is 14.1. The number of rotatable bonds is 4. The third-order valence-electron chi connectivity index (χ3n) is 11.2. The molecular weight excluding hydrogens is 705 g/mol. The molecule has 0 aliphatic heterocycles. The van der Waals surface area contributed by atoms with E-state index < -0.39 is 0 Å². The van der Waals surface area contributed by atoms with Crippen LogP contribution in [-0.2, 0) is 0 Å². The van der Waals surface area contributed by atoms with Crippen molar-refractivity contribution in [1.82, 2.24) is 19.9 Å². The number of pyridine rings is 1. The molecule has 0 radical (unpaired) electrons. The Labute approximate surface area is 335 Å². The molecule has 0 unspecified atom stereocenters. The Morgan fingerprint density at radius 1 is 0.241 bits per heavy atom. The molecule has 2 aromatic heterocycles. The van der Waals surface area contributed by atoms with Crippen molar-refractivity contribution < 1.29 is 0 Å². The van der Waals surface area contributed by atoms with Crippen LogP contribution in [0.25, 0.3) is 110 Å². The Balaban J connectivity index is 1.25. The number of benzene rings is 8. The fourth-order valence-corrected chi connectivity index (χ4v) is 8.38. The first-order valence-corrected chi connectivity index (χ1v) is 19.5. The number of hydrogen-bond acceptors (Lipinski definition) is 4. The molecule has 11 rings (SSSR count). The van der Waals surface area contributed by atoms with Gasteiger partial charge in [0.15, 0.2) is 17.5 Å². The molecular formula is C54H34N4. The van der Waals surface area contributed by atoms with Gasteiger partial charge in [-0.25, -0.2) is 15.0 Å². The van der Waals surface area contributed by atoms with Gasteiger partial charge in [0.05, 0.1) is 0 Å². The smallest absolute Gasteiger partial charge is 0.164 e. The van der Waals surface area contributed by atoms with Crippen molar-refractivity contribution in [3.05, 3.63) is 207 Å². The summed E-state index contributed by atoms with van der Waals surface area (Å²) in [4.78, 5) is 19.7. The van der Waals surface area contributed by atoms with Crippen LogP contribution in [0.2, 0.25) is 0 Å². The van der Waals surface area contributed by atoms with Gasteiger partial charge in [-0.2, -0.15) is 0 Å². The minimum Gasteiger partial charge on any atom is -0.264 e. The molecule has 0 aliphatic carbocycles. The first-order chi connectivity index (χ1) is 28.7. The van der Waals surface area contributed by atoms with Crippen LogP contribution in [-0.4, -0.2) is 19.9 Å². The summed E-state index contributed by atoms with van der Waals surface area (Å²) in [5.41, 5.74) is 4.89. The van der Waals surface area contributed by atoms with Crippen LogP contribution in [0.15, 0.2) is 207 Å². The summed E-state index contributed by atoms with van der Waals surface area (Å²) in [6.45, 7) is 0. The van der Waals surface area contributed by atoms with Crippen molar-refractivity contribution in [2.75, 3.05) is 0 Å². The van der Waals surface area contributed by atoms with Gasteiger partial charge >= 0.3 is 0 Å². The standard InChI is InChI=1S/C54H34N4/c1-2-13-36(14-3-1)52-56-53(37-26-24-35(25-27-37)41-17-12-30-55-34-41)58-54(57-52)40-28-29-48-46-22-9-8-20-44(46)42-18-6-7-19-43(42)45-21-10-11-23-47(45)49-31-38-15-4-5-16-39(38)32-51(49)50(48)33-40/h1-34H. The molecule has 0 amide bonds. The maximum Gasteiger partial charge on any atom is 0.164 e. The minimum absolute atomic E-state index is 0.612. The number of hydrogen-bond donors (Lipinski definition) is 0. The highest BCUT2D eigenvalue weighted by Gasteiger charge is 2.15. The summed E-state index contributed by atoms with van der Waals surface area (Å²) in [6.07, 6.45) is 3.67. The molecule has 0 N–H and O–H groups in total. The average molecular weight is 739 g/mol. The van der Waals surface area contributed by atoms with Crippen LogP contribution < -0.4 is 0 Å². The molecule has 0 aliphatic rings. The van der Waals surface area contributed by atoms with Gasteiger partial charge in [0.2, 0.25) is 0 Å². The third-order valence-corrected chi connectivity index (χ3v) is 11.2. The molecule has 9 aromatic carbocycles. The summed E-state index contributed by atoms with van der Waals surface area (Å²) in [5.74, 6) is 1.85. The SMILES string of the molecule is c1ccc(-c2nc(-c3ccc(-c4cccnc4)cc3)nc(-c3ccc4c5ccccc5c5ccccc5c5ccccc5c5cc6ccccc6cc5c4c3)n2)cc1. The highest BCUT2D eigenvalue weighted by Crippen LogP contribution is 2.39. The Morgan fingerprint density at radius 3 is 1.16 bits per heavy atom. The van der Waals surface area contributed by atoms with E-state index in [1.165, 1.54) is 48.5 Å². The summed E-state index contributed by atoms with van der Waals surface area (Å²) in [7, 11) is 0. The number of aromatic nitrogens is 4. The van der Waals surface area contributed by atoms with Crippen molar-refractivity contribution in [2.45, 2.75) is 0 Å². The van der Waals surface area contributed by atoms with Gasteiger partial charge in [-0.1, -0.05) is 170 Å². The Hall–Kier alpha value is -7.82. The van der Waals surface area contributed by atoms with Crippen molar-refractivity contribution in [3.63, 3.8) is 0 Å². The lowest BCUT2D eigenvalue weighted by molar-refractivity contribution is 1.07. The van der Waals surface area contributed by atoms with Crippen LogP contribution in [0.4, 0.5) is 0 Å². The lowest BCUT2D eigenvalue weighted by atomic mass is 9.92. The Kier molecular flexibility index (Phi) is 8.11. The fourth-order valence-electron chi connectivity index (χ4n) is 8.38. The van der Waals surface area contributed by atoms with E-state index >= 15 is 0 Å². The molecule has 0 saturated heterocycles. The van der Waals surface area contributed by atoms with Gasteiger partial charge in [0.1, 0.15) is 0 Å². The van der Waals surface area contributed by atoms with Crippen LogP contribution in [0.1, 0.15) is 0 Å². The molecule has 0 saturated carbocycles. The second kappa shape index (κ2) is 14.0. The minimum atomic E-state index is 0.612. The molecule has 0 atom stereocenters. The van der Waals surface area contributed by atoms with E-state index in [0.717, 1.165) is 44.0 Å². The molecule has 2 heterocycles. The average Bonchev–Trinajstić information content (AvgIpc) is 3.31. The fraction of sp³-hybridized carbons (Fsp3) is 0. The molecule has 0 bridgehead atoms. The van der Waals surface area contributed by atoms with Crippen LogP contribution in [0.3, 0.4) is 0 Å². The van der Waals surface area contributed by atoms with Crippen LogP contribution in [0.5, 0.6) is 0 Å².